The molecule has 0 unspecified atom stereocenters. The zero-order valence-corrected chi connectivity index (χ0v) is 37.6. The first-order valence-electron chi connectivity index (χ1n) is 22.5. The van der Waals surface area contributed by atoms with Crippen molar-refractivity contribution in [1.82, 2.24) is 14.1 Å². The van der Waals surface area contributed by atoms with Gasteiger partial charge in [-0.25, -0.2) is 9.83 Å². The van der Waals surface area contributed by atoms with Gasteiger partial charge in [0.1, 0.15) is 11.7 Å². The van der Waals surface area contributed by atoms with E-state index in [2.05, 4.69) is 166 Å². The Labute approximate surface area is 396 Å². The molecule has 0 atom stereocenters. The average Bonchev–Trinajstić information content (AvgIpc) is 4.15. The third kappa shape index (κ3) is 4.83. The minimum atomic E-state index is 0.392. The fourth-order valence-corrected chi connectivity index (χ4v) is 13.8. The smallest absolute Gasteiger partial charge is 0.220 e. The second-order valence-electron chi connectivity index (χ2n) is 17.5. The van der Waals surface area contributed by atoms with Gasteiger partial charge in [0.05, 0.1) is 44.8 Å². The van der Waals surface area contributed by atoms with Crippen LogP contribution in [0, 0.1) is 17.9 Å². The van der Waals surface area contributed by atoms with Crippen molar-refractivity contribution in [2.45, 2.75) is 0 Å². The predicted molar refractivity (Wildman–Crippen MR) is 287 cm³/mol. The van der Waals surface area contributed by atoms with Crippen LogP contribution in [0.25, 0.3) is 144 Å². The lowest BCUT2D eigenvalue weighted by Crippen LogP contribution is -2.09. The minimum Gasteiger partial charge on any atom is -0.306 e. The largest absolute Gasteiger partial charge is 0.306 e. The summed E-state index contributed by atoms with van der Waals surface area (Å²) in [5, 5.41) is 25.8. The van der Waals surface area contributed by atoms with Gasteiger partial charge in [-0.3, -0.25) is 0 Å². The first-order chi connectivity index (χ1) is 33.7. The van der Waals surface area contributed by atoms with E-state index >= 15 is 0 Å². The zero-order chi connectivity index (χ0) is 44.8. The van der Waals surface area contributed by atoms with Gasteiger partial charge in [-0.1, -0.05) is 146 Å². The van der Waals surface area contributed by atoms with Crippen molar-refractivity contribution in [3.8, 4) is 39.7 Å². The maximum Gasteiger partial charge on any atom is 0.220 e. The fraction of sp³-hybridized carbons (Fsp3) is 0. The van der Waals surface area contributed by atoms with Gasteiger partial charge in [-0.15, -0.1) is 22.7 Å². The molecule has 15 aromatic rings. The van der Waals surface area contributed by atoms with Crippen molar-refractivity contribution in [1.29, 1.82) is 5.26 Å². The molecule has 0 aliphatic carbocycles. The van der Waals surface area contributed by atoms with E-state index in [0.29, 0.717) is 22.5 Å². The quantitative estimate of drug-likeness (QED) is 0.131. The maximum absolute atomic E-state index is 12.1. The Morgan fingerprint density at radius 2 is 1.09 bits per heavy atom. The van der Waals surface area contributed by atoms with Gasteiger partial charge in [0, 0.05) is 74.5 Å². The molecule has 10 aromatic carbocycles. The normalized spacial score (nSPS) is 12.1. The van der Waals surface area contributed by atoms with Crippen molar-refractivity contribution in [2.75, 3.05) is 0 Å². The van der Waals surface area contributed by atoms with E-state index in [1.54, 1.807) is 22.7 Å². The number of nitrogens with zero attached hydrogens (tertiary/aromatic N) is 5. The highest BCUT2D eigenvalue weighted by atomic mass is 32.1. The van der Waals surface area contributed by atoms with Crippen molar-refractivity contribution >= 4 is 134 Å². The minimum absolute atomic E-state index is 0.392. The van der Waals surface area contributed by atoms with Gasteiger partial charge >= 0.3 is 0 Å². The molecule has 0 N–H and O–H groups in total. The molecular weight excluding hydrogens is 867 g/mol. The van der Waals surface area contributed by atoms with E-state index in [0.717, 1.165) is 87.0 Å². The SMILES string of the molecule is [C-]#[N+]c1c(-c2ccccc2)c(C#N)c(-n2c3cc4sc5ccccc5c4cc3c3ccc4c5ccccc5sc4c32)c(-c2ccccc2)c1-n1c2cccc3c4ccccc4c4ccnc1c4c32. The van der Waals surface area contributed by atoms with Crippen molar-refractivity contribution < 1.29 is 0 Å². The van der Waals surface area contributed by atoms with E-state index in [1.807, 2.05) is 42.6 Å². The second kappa shape index (κ2) is 13.8. The second-order valence-corrected chi connectivity index (χ2v) is 19.6. The van der Waals surface area contributed by atoms with E-state index < -0.39 is 0 Å². The molecule has 0 bridgehead atoms. The number of fused-ring (bicyclic) bond motifs is 13. The van der Waals surface area contributed by atoms with Crippen LogP contribution in [0.1, 0.15) is 5.56 Å². The summed E-state index contributed by atoms with van der Waals surface area (Å²) in [5.74, 6) is 0. The molecule has 0 spiro atoms. The van der Waals surface area contributed by atoms with Crippen LogP contribution in [-0.2, 0) is 0 Å². The molecule has 68 heavy (non-hydrogen) atoms. The van der Waals surface area contributed by atoms with Gasteiger partial charge in [-0.05, 0) is 69.1 Å². The van der Waals surface area contributed by atoms with Gasteiger partial charge in [0.15, 0.2) is 0 Å². The molecule has 312 valence electrons. The summed E-state index contributed by atoms with van der Waals surface area (Å²) in [5.41, 5.74) is 9.05. The molecule has 0 radical (unpaired) electrons. The Morgan fingerprint density at radius 1 is 0.471 bits per heavy atom. The third-order valence-corrected chi connectivity index (χ3v) is 16.5. The van der Waals surface area contributed by atoms with Crippen LogP contribution in [0.15, 0.2) is 188 Å². The van der Waals surface area contributed by atoms with Gasteiger partial charge < -0.3 is 9.13 Å². The number of hydrogen-bond donors (Lipinski definition) is 0. The van der Waals surface area contributed by atoms with E-state index in [-0.39, 0.29) is 0 Å². The number of thiophene rings is 2. The van der Waals surface area contributed by atoms with E-state index in [9.17, 15) is 11.8 Å². The van der Waals surface area contributed by atoms with Crippen molar-refractivity contribution in [3.63, 3.8) is 0 Å². The van der Waals surface area contributed by atoms with E-state index in [4.69, 9.17) is 4.98 Å². The first-order valence-corrected chi connectivity index (χ1v) is 24.2. The molecule has 0 fully saturated rings. The summed E-state index contributed by atoms with van der Waals surface area (Å²) < 4.78 is 9.37. The summed E-state index contributed by atoms with van der Waals surface area (Å²) in [7, 11) is 0. The lowest BCUT2D eigenvalue weighted by atomic mass is 9.88. The molecule has 0 amide bonds. The van der Waals surface area contributed by atoms with Crippen molar-refractivity contribution in [2.24, 2.45) is 0 Å². The molecule has 0 aliphatic rings. The Hall–Kier alpha value is -8.85. The number of aromatic nitrogens is 3. The lowest BCUT2D eigenvalue weighted by Gasteiger charge is -2.25. The van der Waals surface area contributed by atoms with Crippen LogP contribution in [0.4, 0.5) is 5.69 Å². The third-order valence-electron chi connectivity index (χ3n) is 14.2. The zero-order valence-electron chi connectivity index (χ0n) is 36.0. The highest BCUT2D eigenvalue weighted by molar-refractivity contribution is 7.27. The Balaban J connectivity index is 1.24. The average molecular weight is 898 g/mol. The van der Waals surface area contributed by atoms with E-state index in [1.165, 1.54) is 41.0 Å². The molecule has 5 aromatic heterocycles. The summed E-state index contributed by atoms with van der Waals surface area (Å²) in [4.78, 5) is 9.81. The molecule has 0 aliphatic heterocycles. The van der Waals surface area contributed by atoms with Crippen LogP contribution < -0.4 is 0 Å². The summed E-state index contributed by atoms with van der Waals surface area (Å²) >= 11 is 3.59. The highest BCUT2D eigenvalue weighted by Crippen LogP contribution is 2.55. The van der Waals surface area contributed by atoms with Gasteiger partial charge in [0.2, 0.25) is 5.69 Å². The topological polar surface area (TPSA) is 50.9 Å². The number of nitriles is 1. The standard InChI is InChI=1S/C61H31N5S2/c1-63-56-52(34-15-4-2-5-16-34)46(33-62)57(53(35-17-6-3-7-18-35)59(56)66-47-24-14-23-40-36-19-8-9-20-37(36)41-29-30-64-61(66)55(41)54(40)47)65-48-32-51-45(39-22-11-12-25-49(39)67-51)31-44(48)42-27-28-43-38-21-10-13-26-50(38)68-60(43)58(42)65/h2-32H. The fourth-order valence-electron chi connectivity index (χ4n) is 11.5. The molecular formula is C61H31N5S2. The number of hydrogen-bond acceptors (Lipinski definition) is 4. The molecule has 5 nitrogen and oxygen atoms in total. The summed E-state index contributed by atoms with van der Waals surface area (Å²) in [6, 6.07) is 67.0. The van der Waals surface area contributed by atoms with Gasteiger partial charge in [0.25, 0.3) is 0 Å². The van der Waals surface area contributed by atoms with Gasteiger partial charge in [-0.2, -0.15) is 5.26 Å². The summed E-state index contributed by atoms with van der Waals surface area (Å²) in [6.45, 7) is 9.33. The molecule has 0 saturated carbocycles. The number of pyridine rings is 1. The van der Waals surface area contributed by atoms with Crippen LogP contribution in [0.5, 0.6) is 0 Å². The molecule has 5 heterocycles. The van der Waals surface area contributed by atoms with Crippen LogP contribution in [-0.4, -0.2) is 14.1 Å². The predicted octanol–water partition coefficient (Wildman–Crippen LogP) is 17.5. The summed E-state index contributed by atoms with van der Waals surface area (Å²) in [6.07, 6.45) is 1.90. The van der Waals surface area contributed by atoms with Crippen LogP contribution in [0.3, 0.4) is 0 Å². The van der Waals surface area contributed by atoms with Crippen LogP contribution >= 0.6 is 22.7 Å². The molecule has 15 rings (SSSR count). The maximum atomic E-state index is 12.1. The molecule has 0 saturated heterocycles. The van der Waals surface area contributed by atoms with Crippen molar-refractivity contribution in [3.05, 3.63) is 205 Å². The Kier molecular flexibility index (Phi) is 7.61. The molecule has 7 heteroatoms. The lowest BCUT2D eigenvalue weighted by molar-refractivity contribution is 1.12. The Morgan fingerprint density at radius 3 is 1.81 bits per heavy atom. The Bertz CT molecular complexity index is 4660. The monoisotopic (exact) mass is 897 g/mol. The van der Waals surface area contributed by atoms with Crippen LogP contribution in [0.2, 0.25) is 0 Å². The number of rotatable bonds is 4. The first kappa shape index (κ1) is 37.4. The highest BCUT2D eigenvalue weighted by Gasteiger charge is 2.33. The number of benzene rings is 10.